The Kier molecular flexibility index (Phi) is 11.8. The predicted octanol–water partition coefficient (Wildman–Crippen LogP) is 6.74. The molecule has 0 radical (unpaired) electrons. The molecule has 0 aliphatic rings. The number of halogens is 4. The molecule has 4 nitrogen and oxygen atoms in total. The van der Waals surface area contributed by atoms with E-state index in [2.05, 4.69) is 5.32 Å². The highest BCUT2D eigenvalue weighted by Gasteiger charge is 2.28. The van der Waals surface area contributed by atoms with Crippen molar-refractivity contribution >= 4 is 58.4 Å². The highest BCUT2D eigenvalue weighted by Crippen LogP contribution is 2.26. The zero-order valence-electron chi connectivity index (χ0n) is 18.7. The van der Waals surface area contributed by atoms with Gasteiger partial charge in [-0.05, 0) is 42.7 Å². The summed E-state index contributed by atoms with van der Waals surface area (Å²) in [5, 5.41) is 4.04. The lowest BCUT2D eigenvalue weighted by Crippen LogP contribution is -2.49. The number of thioether (sulfide) groups is 1. The molecule has 0 bridgehead atoms. The minimum atomic E-state index is -0.638. The van der Waals surface area contributed by atoms with Crippen LogP contribution in [0.4, 0.5) is 4.39 Å². The van der Waals surface area contributed by atoms with Crippen molar-refractivity contribution in [3.05, 3.63) is 68.4 Å². The summed E-state index contributed by atoms with van der Waals surface area (Å²) in [5.74, 6) is -0.503. The number of carbonyl (C=O) groups is 2. The summed E-state index contributed by atoms with van der Waals surface area (Å²) >= 11 is 19.5. The molecule has 0 heterocycles. The van der Waals surface area contributed by atoms with Gasteiger partial charge in [0.05, 0.1) is 15.8 Å². The second kappa shape index (κ2) is 14.1. The van der Waals surface area contributed by atoms with Crippen molar-refractivity contribution in [2.24, 2.45) is 0 Å². The highest BCUT2D eigenvalue weighted by atomic mass is 35.5. The molecule has 1 N–H and O–H groups in total. The minimum Gasteiger partial charge on any atom is -0.354 e. The van der Waals surface area contributed by atoms with Crippen LogP contribution in [0.1, 0.15) is 44.2 Å². The summed E-state index contributed by atoms with van der Waals surface area (Å²) in [6.45, 7) is 4.67. The van der Waals surface area contributed by atoms with Gasteiger partial charge < -0.3 is 10.2 Å². The van der Waals surface area contributed by atoms with Crippen LogP contribution in [-0.4, -0.2) is 35.1 Å². The number of hydrogen-bond acceptors (Lipinski definition) is 3. The maximum atomic E-state index is 14.1. The molecule has 1 atom stereocenters. The number of nitrogens with zero attached hydrogens (tertiary/aromatic N) is 1. The molecule has 9 heteroatoms. The lowest BCUT2D eigenvalue weighted by molar-refractivity contribution is -0.139. The van der Waals surface area contributed by atoms with Crippen LogP contribution in [0.15, 0.2) is 36.4 Å². The van der Waals surface area contributed by atoms with E-state index in [0.29, 0.717) is 33.6 Å². The standard InChI is InChI=1S/C24H28Cl3FN2O2S/c1-3-5-11-29-24(32)22(4-2)30(13-16-9-10-19(26)20(27)12-16)23(31)15-33-14-17-18(25)7-6-8-21(17)28/h6-10,12,22H,3-5,11,13-15H2,1-2H3,(H,29,32)/t22-/m1/s1. The van der Waals surface area contributed by atoms with Gasteiger partial charge >= 0.3 is 0 Å². The first kappa shape index (κ1) is 27.8. The van der Waals surface area contributed by atoms with Crippen molar-refractivity contribution < 1.29 is 14.0 Å². The van der Waals surface area contributed by atoms with Crippen molar-refractivity contribution in [2.75, 3.05) is 12.3 Å². The summed E-state index contributed by atoms with van der Waals surface area (Å²) in [4.78, 5) is 27.7. The number of rotatable bonds is 12. The Balaban J connectivity index is 2.17. The van der Waals surface area contributed by atoms with Crippen LogP contribution in [0, 0.1) is 5.82 Å². The van der Waals surface area contributed by atoms with Gasteiger partial charge in [-0.3, -0.25) is 9.59 Å². The van der Waals surface area contributed by atoms with Crippen molar-refractivity contribution in [3.8, 4) is 0 Å². The first-order valence-electron chi connectivity index (χ1n) is 10.8. The highest BCUT2D eigenvalue weighted by molar-refractivity contribution is 7.99. The normalized spacial score (nSPS) is 11.8. The van der Waals surface area contributed by atoms with Crippen LogP contribution in [0.2, 0.25) is 15.1 Å². The van der Waals surface area contributed by atoms with Gasteiger partial charge in [-0.25, -0.2) is 4.39 Å². The Hall–Kier alpha value is -1.47. The largest absolute Gasteiger partial charge is 0.354 e. The van der Waals surface area contributed by atoms with Gasteiger partial charge in [0, 0.05) is 29.4 Å². The van der Waals surface area contributed by atoms with Gasteiger partial charge in [0.2, 0.25) is 11.8 Å². The average molecular weight is 534 g/mol. The molecule has 180 valence electrons. The van der Waals surface area contributed by atoms with E-state index < -0.39 is 11.9 Å². The number of nitrogens with one attached hydrogen (secondary N) is 1. The van der Waals surface area contributed by atoms with Gasteiger partial charge in [0.15, 0.2) is 0 Å². The third kappa shape index (κ3) is 8.36. The third-order valence-electron chi connectivity index (χ3n) is 5.09. The van der Waals surface area contributed by atoms with Gasteiger partial charge in [-0.2, -0.15) is 0 Å². The number of carbonyl (C=O) groups excluding carboxylic acids is 2. The lowest BCUT2D eigenvalue weighted by atomic mass is 10.1. The maximum absolute atomic E-state index is 14.1. The number of unbranched alkanes of at least 4 members (excludes halogenated alkanes) is 1. The minimum absolute atomic E-state index is 0.0741. The molecule has 0 aromatic heterocycles. The van der Waals surface area contributed by atoms with Crippen LogP contribution >= 0.6 is 46.6 Å². The maximum Gasteiger partial charge on any atom is 0.242 e. The smallest absolute Gasteiger partial charge is 0.242 e. The quantitative estimate of drug-likeness (QED) is 0.307. The molecular formula is C24H28Cl3FN2O2S. The Bertz CT molecular complexity index is 941. The molecule has 2 amide bonds. The molecule has 2 aromatic rings. The predicted molar refractivity (Wildman–Crippen MR) is 137 cm³/mol. The van der Waals surface area contributed by atoms with E-state index in [1.165, 1.54) is 17.8 Å². The monoisotopic (exact) mass is 532 g/mol. The first-order chi connectivity index (χ1) is 15.8. The van der Waals surface area contributed by atoms with Crippen LogP contribution < -0.4 is 5.32 Å². The molecular weight excluding hydrogens is 506 g/mol. The van der Waals surface area contributed by atoms with E-state index in [1.807, 2.05) is 13.8 Å². The van der Waals surface area contributed by atoms with Crippen molar-refractivity contribution in [3.63, 3.8) is 0 Å². The molecule has 33 heavy (non-hydrogen) atoms. The second-order valence-electron chi connectivity index (χ2n) is 7.53. The summed E-state index contributed by atoms with van der Waals surface area (Å²) in [7, 11) is 0. The van der Waals surface area contributed by atoms with E-state index in [0.717, 1.165) is 18.4 Å². The molecule has 2 aromatic carbocycles. The fraction of sp³-hybridized carbons (Fsp3) is 0.417. The fourth-order valence-corrected chi connectivity index (χ4v) is 4.82. The molecule has 0 saturated heterocycles. The van der Waals surface area contributed by atoms with Gasteiger partial charge in [-0.1, -0.05) is 67.2 Å². The van der Waals surface area contributed by atoms with Crippen LogP contribution in [0.5, 0.6) is 0 Å². The van der Waals surface area contributed by atoms with Crippen LogP contribution in [0.3, 0.4) is 0 Å². The molecule has 0 unspecified atom stereocenters. The van der Waals surface area contributed by atoms with Crippen LogP contribution in [-0.2, 0) is 21.9 Å². The Morgan fingerprint density at radius 1 is 1.09 bits per heavy atom. The van der Waals surface area contributed by atoms with Crippen molar-refractivity contribution in [1.82, 2.24) is 10.2 Å². The average Bonchev–Trinajstić information content (AvgIpc) is 2.78. The van der Waals surface area contributed by atoms with Crippen molar-refractivity contribution in [2.45, 2.75) is 51.4 Å². The summed E-state index contributed by atoms with van der Waals surface area (Å²) in [6, 6.07) is 9.00. The zero-order valence-corrected chi connectivity index (χ0v) is 21.8. The summed E-state index contributed by atoms with van der Waals surface area (Å²) in [5.41, 5.74) is 1.12. The molecule has 2 rings (SSSR count). The zero-order chi connectivity index (χ0) is 24.4. The van der Waals surface area contributed by atoms with E-state index in [9.17, 15) is 14.0 Å². The SMILES string of the molecule is CCCCNC(=O)[C@@H](CC)N(Cc1ccc(Cl)c(Cl)c1)C(=O)CSCc1c(F)cccc1Cl. The molecule has 0 aliphatic carbocycles. The lowest BCUT2D eigenvalue weighted by Gasteiger charge is -2.30. The van der Waals surface area contributed by atoms with Gasteiger partial charge in [0.1, 0.15) is 11.9 Å². The summed E-state index contributed by atoms with van der Waals surface area (Å²) in [6.07, 6.45) is 2.27. The Morgan fingerprint density at radius 2 is 1.85 bits per heavy atom. The molecule has 0 aliphatic heterocycles. The van der Waals surface area contributed by atoms with Crippen LogP contribution in [0.25, 0.3) is 0 Å². The van der Waals surface area contributed by atoms with Gasteiger partial charge in [-0.15, -0.1) is 11.8 Å². The number of amides is 2. The Morgan fingerprint density at radius 3 is 2.48 bits per heavy atom. The van der Waals surface area contributed by atoms with Crippen molar-refractivity contribution in [1.29, 1.82) is 0 Å². The van der Waals surface area contributed by atoms with E-state index in [-0.39, 0.29) is 29.9 Å². The number of hydrogen-bond donors (Lipinski definition) is 1. The molecule has 0 fully saturated rings. The van der Waals surface area contributed by atoms with E-state index >= 15 is 0 Å². The second-order valence-corrected chi connectivity index (χ2v) is 9.74. The third-order valence-corrected chi connectivity index (χ3v) is 7.12. The van der Waals surface area contributed by atoms with E-state index in [4.69, 9.17) is 34.8 Å². The summed E-state index contributed by atoms with van der Waals surface area (Å²) < 4.78 is 14.1. The first-order valence-corrected chi connectivity index (χ1v) is 13.1. The van der Waals surface area contributed by atoms with E-state index in [1.54, 1.807) is 35.2 Å². The number of benzene rings is 2. The molecule has 0 saturated carbocycles. The Labute approximate surface area is 214 Å². The molecule has 0 spiro atoms. The van der Waals surface area contributed by atoms with Gasteiger partial charge in [0.25, 0.3) is 0 Å². The fourth-order valence-electron chi connectivity index (χ4n) is 3.25. The topological polar surface area (TPSA) is 49.4 Å².